The van der Waals surface area contributed by atoms with E-state index in [1.165, 1.54) is 0 Å². The largest absolute Gasteiger partial charge is 0.395 e. The van der Waals surface area contributed by atoms with Gasteiger partial charge in [-0.15, -0.1) is 0 Å². The summed E-state index contributed by atoms with van der Waals surface area (Å²) in [6.45, 7) is 12.9. The normalized spacial score (nSPS) is 16.2. The highest BCUT2D eigenvalue weighted by Gasteiger charge is 2.27. The molecule has 0 amide bonds. The van der Waals surface area contributed by atoms with E-state index in [9.17, 15) is 0 Å². The van der Waals surface area contributed by atoms with Gasteiger partial charge in [0.05, 0.1) is 6.61 Å². The summed E-state index contributed by atoms with van der Waals surface area (Å²) in [5.74, 6) is 0. The maximum atomic E-state index is 9.16. The van der Waals surface area contributed by atoms with Crippen molar-refractivity contribution in [1.82, 2.24) is 5.32 Å². The minimum absolute atomic E-state index is 0.0701. The monoisotopic (exact) mass is 173 g/mol. The smallest absolute Gasteiger partial charge is 0.0589 e. The minimum atomic E-state index is 0.0701. The highest BCUT2D eigenvalue weighted by molar-refractivity contribution is 4.85. The third kappa shape index (κ3) is 4.73. The summed E-state index contributed by atoms with van der Waals surface area (Å²) in [7, 11) is 0. The summed E-state index contributed by atoms with van der Waals surface area (Å²) in [5.41, 5.74) is 0.183. The van der Waals surface area contributed by atoms with Crippen molar-refractivity contribution < 1.29 is 5.11 Å². The van der Waals surface area contributed by atoms with Crippen LogP contribution < -0.4 is 5.32 Å². The average molecular weight is 173 g/mol. The third-order valence-corrected chi connectivity index (χ3v) is 1.84. The van der Waals surface area contributed by atoms with Crippen LogP contribution >= 0.6 is 0 Å². The fourth-order valence-electron chi connectivity index (χ4n) is 1.06. The number of hydrogen-bond acceptors (Lipinski definition) is 2. The molecule has 0 saturated heterocycles. The van der Waals surface area contributed by atoms with Crippen LogP contribution in [0.2, 0.25) is 0 Å². The summed E-state index contributed by atoms with van der Waals surface area (Å²) in [4.78, 5) is 0. The average Bonchev–Trinajstić information content (AvgIpc) is 1.78. The maximum absolute atomic E-state index is 9.16. The fraction of sp³-hybridized carbons (Fsp3) is 1.00. The van der Waals surface area contributed by atoms with E-state index in [1.807, 2.05) is 0 Å². The second-order valence-corrected chi connectivity index (χ2v) is 5.50. The molecular weight excluding hydrogens is 150 g/mol. The summed E-state index contributed by atoms with van der Waals surface area (Å²) in [5, 5.41) is 12.6. The second kappa shape index (κ2) is 3.75. The molecule has 0 spiro atoms. The van der Waals surface area contributed by atoms with E-state index in [2.05, 4.69) is 46.9 Å². The first-order valence-corrected chi connectivity index (χ1v) is 4.55. The van der Waals surface area contributed by atoms with Crippen LogP contribution in [0.5, 0.6) is 0 Å². The molecule has 0 aliphatic carbocycles. The Hall–Kier alpha value is -0.0800. The molecule has 2 nitrogen and oxygen atoms in total. The SMILES string of the molecule is CC(C)(C)N[C@H](CO)C(C)(C)C. The van der Waals surface area contributed by atoms with E-state index in [-0.39, 0.29) is 23.6 Å². The summed E-state index contributed by atoms with van der Waals surface area (Å²) in [6.07, 6.45) is 0. The maximum Gasteiger partial charge on any atom is 0.0589 e. The van der Waals surface area contributed by atoms with Crippen LogP contribution in [0.3, 0.4) is 0 Å². The van der Waals surface area contributed by atoms with Crippen LogP contribution in [0, 0.1) is 5.41 Å². The van der Waals surface area contributed by atoms with Crippen LogP contribution in [0.1, 0.15) is 41.5 Å². The van der Waals surface area contributed by atoms with Gasteiger partial charge in [0.15, 0.2) is 0 Å². The zero-order chi connectivity index (χ0) is 9.99. The minimum Gasteiger partial charge on any atom is -0.395 e. The summed E-state index contributed by atoms with van der Waals surface area (Å²) >= 11 is 0. The number of rotatable bonds is 2. The molecule has 0 aromatic rings. The van der Waals surface area contributed by atoms with Crippen molar-refractivity contribution in [3.8, 4) is 0 Å². The van der Waals surface area contributed by atoms with E-state index in [0.29, 0.717) is 0 Å². The van der Waals surface area contributed by atoms with Gasteiger partial charge in [-0.25, -0.2) is 0 Å². The van der Waals surface area contributed by atoms with Crippen LogP contribution in [-0.2, 0) is 0 Å². The number of hydrogen-bond donors (Lipinski definition) is 2. The van der Waals surface area contributed by atoms with Crippen molar-refractivity contribution >= 4 is 0 Å². The van der Waals surface area contributed by atoms with Crippen LogP contribution in [0.15, 0.2) is 0 Å². The summed E-state index contributed by atoms with van der Waals surface area (Å²) < 4.78 is 0. The van der Waals surface area contributed by atoms with E-state index >= 15 is 0 Å². The molecule has 0 saturated carbocycles. The van der Waals surface area contributed by atoms with Crippen molar-refractivity contribution in [1.29, 1.82) is 0 Å². The second-order valence-electron chi connectivity index (χ2n) is 5.50. The van der Waals surface area contributed by atoms with Crippen LogP contribution in [0.25, 0.3) is 0 Å². The van der Waals surface area contributed by atoms with E-state index in [1.54, 1.807) is 0 Å². The van der Waals surface area contributed by atoms with Gasteiger partial charge in [-0.1, -0.05) is 20.8 Å². The molecular formula is C10H23NO. The van der Waals surface area contributed by atoms with Crippen LogP contribution in [-0.4, -0.2) is 23.3 Å². The van der Waals surface area contributed by atoms with Crippen molar-refractivity contribution in [3.63, 3.8) is 0 Å². The van der Waals surface area contributed by atoms with E-state index < -0.39 is 0 Å². The molecule has 0 aliphatic rings. The molecule has 74 valence electrons. The molecule has 0 aliphatic heterocycles. The Labute approximate surface area is 76.4 Å². The molecule has 2 N–H and O–H groups in total. The molecule has 0 aromatic heterocycles. The van der Waals surface area contributed by atoms with Gasteiger partial charge in [-0.05, 0) is 26.2 Å². The van der Waals surface area contributed by atoms with Gasteiger partial charge in [0.2, 0.25) is 0 Å². The topological polar surface area (TPSA) is 32.3 Å². The Morgan fingerprint density at radius 1 is 1.08 bits per heavy atom. The third-order valence-electron chi connectivity index (χ3n) is 1.84. The number of aliphatic hydroxyl groups is 1. The molecule has 2 heteroatoms. The van der Waals surface area contributed by atoms with Gasteiger partial charge in [-0.2, -0.15) is 0 Å². The lowest BCUT2D eigenvalue weighted by atomic mass is 9.86. The van der Waals surface area contributed by atoms with Gasteiger partial charge >= 0.3 is 0 Å². The molecule has 1 atom stereocenters. The molecule has 12 heavy (non-hydrogen) atoms. The molecule has 0 fully saturated rings. The molecule has 0 heterocycles. The number of aliphatic hydroxyl groups excluding tert-OH is 1. The first-order valence-electron chi connectivity index (χ1n) is 4.55. The first kappa shape index (κ1) is 11.9. The van der Waals surface area contributed by atoms with Gasteiger partial charge in [0.1, 0.15) is 0 Å². The lowest BCUT2D eigenvalue weighted by molar-refractivity contribution is 0.134. The highest BCUT2D eigenvalue weighted by Crippen LogP contribution is 2.20. The quantitative estimate of drug-likeness (QED) is 0.667. The van der Waals surface area contributed by atoms with Gasteiger partial charge in [0.25, 0.3) is 0 Å². The Morgan fingerprint density at radius 3 is 1.58 bits per heavy atom. The van der Waals surface area contributed by atoms with E-state index in [0.717, 1.165) is 0 Å². The fourth-order valence-corrected chi connectivity index (χ4v) is 1.06. The van der Waals surface area contributed by atoms with Crippen molar-refractivity contribution in [3.05, 3.63) is 0 Å². The predicted molar refractivity (Wildman–Crippen MR) is 53.2 cm³/mol. The molecule has 0 rings (SSSR count). The lowest BCUT2D eigenvalue weighted by Gasteiger charge is -2.36. The van der Waals surface area contributed by atoms with Gasteiger partial charge < -0.3 is 10.4 Å². The zero-order valence-electron chi connectivity index (χ0n) is 9.23. The van der Waals surface area contributed by atoms with Crippen molar-refractivity contribution in [2.24, 2.45) is 5.41 Å². The zero-order valence-corrected chi connectivity index (χ0v) is 9.23. The lowest BCUT2D eigenvalue weighted by Crippen LogP contribution is -2.51. The Balaban J connectivity index is 4.20. The van der Waals surface area contributed by atoms with Gasteiger partial charge in [0, 0.05) is 11.6 Å². The van der Waals surface area contributed by atoms with Gasteiger partial charge in [-0.3, -0.25) is 0 Å². The molecule has 0 radical (unpaired) electrons. The number of nitrogens with one attached hydrogen (secondary N) is 1. The standard InChI is InChI=1S/C10H23NO/c1-9(2,3)8(7-12)11-10(4,5)6/h8,11-12H,7H2,1-6H3/t8-/m1/s1. The van der Waals surface area contributed by atoms with Crippen molar-refractivity contribution in [2.45, 2.75) is 53.1 Å². The van der Waals surface area contributed by atoms with Crippen molar-refractivity contribution in [2.75, 3.05) is 6.61 Å². The predicted octanol–water partition coefficient (Wildman–Crippen LogP) is 1.78. The molecule has 0 aromatic carbocycles. The Morgan fingerprint density at radius 2 is 1.50 bits per heavy atom. The Bertz CT molecular complexity index is 130. The van der Waals surface area contributed by atoms with Crippen LogP contribution in [0.4, 0.5) is 0 Å². The molecule has 0 unspecified atom stereocenters. The summed E-state index contributed by atoms with van der Waals surface area (Å²) in [6, 6.07) is 0.164. The first-order chi connectivity index (χ1) is 5.17. The highest BCUT2D eigenvalue weighted by atomic mass is 16.3. The van der Waals surface area contributed by atoms with E-state index in [4.69, 9.17) is 5.11 Å². The molecule has 0 bridgehead atoms. The Kier molecular flexibility index (Phi) is 3.73.